The minimum atomic E-state index is -0.199. The Hall–Kier alpha value is -1.03. The van der Waals surface area contributed by atoms with E-state index in [4.69, 9.17) is 0 Å². The zero-order valence-corrected chi connectivity index (χ0v) is 11.6. The fourth-order valence-electron chi connectivity index (χ4n) is 1.53. The van der Waals surface area contributed by atoms with Gasteiger partial charge in [-0.25, -0.2) is 4.39 Å². The monoisotopic (exact) mass is 270 g/mol. The molecule has 0 heterocycles. The topological polar surface area (TPSA) is 26.3 Å². The maximum Gasteiger partial charge on any atom is 0.305 e. The fourth-order valence-corrected chi connectivity index (χ4v) is 2.67. The Morgan fingerprint density at radius 2 is 2.06 bits per heavy atom. The van der Waals surface area contributed by atoms with Gasteiger partial charge in [0.15, 0.2) is 0 Å². The molecule has 0 fully saturated rings. The number of carbonyl (C=O) groups is 1. The summed E-state index contributed by atoms with van der Waals surface area (Å²) in [6.45, 7) is 2.05. The number of halogens is 1. The van der Waals surface area contributed by atoms with E-state index in [9.17, 15) is 9.18 Å². The summed E-state index contributed by atoms with van der Waals surface area (Å²) in [5, 5.41) is 0. The van der Waals surface area contributed by atoms with Crippen molar-refractivity contribution in [1.82, 2.24) is 0 Å². The van der Waals surface area contributed by atoms with E-state index in [2.05, 4.69) is 11.7 Å². The smallest absolute Gasteiger partial charge is 0.305 e. The number of hydrogen-bond acceptors (Lipinski definition) is 3. The van der Waals surface area contributed by atoms with E-state index < -0.39 is 0 Å². The Morgan fingerprint density at radius 3 is 2.67 bits per heavy atom. The van der Waals surface area contributed by atoms with Gasteiger partial charge in [-0.05, 0) is 35.8 Å². The number of ether oxygens (including phenoxy) is 1. The van der Waals surface area contributed by atoms with E-state index in [-0.39, 0.29) is 11.8 Å². The van der Waals surface area contributed by atoms with Gasteiger partial charge in [0, 0.05) is 12.2 Å². The van der Waals surface area contributed by atoms with Crippen LogP contribution in [0.5, 0.6) is 0 Å². The number of rotatable bonds is 7. The van der Waals surface area contributed by atoms with E-state index in [1.54, 1.807) is 23.9 Å². The van der Waals surface area contributed by atoms with Crippen molar-refractivity contribution in [3.05, 3.63) is 35.6 Å². The molecule has 0 saturated heterocycles. The van der Waals surface area contributed by atoms with Crippen LogP contribution in [0.25, 0.3) is 0 Å². The summed E-state index contributed by atoms with van der Waals surface area (Å²) < 4.78 is 17.3. The predicted octanol–water partition coefficient (Wildman–Crippen LogP) is 3.65. The molecule has 0 spiro atoms. The van der Waals surface area contributed by atoms with E-state index in [1.165, 1.54) is 19.2 Å². The number of carbonyl (C=O) groups excluding carboxylic acids is 1. The third-order valence-corrected chi connectivity index (χ3v) is 3.74. The lowest BCUT2D eigenvalue weighted by molar-refractivity contribution is -0.141. The molecule has 1 aromatic carbocycles. The maximum absolute atomic E-state index is 12.7. The summed E-state index contributed by atoms with van der Waals surface area (Å²) in [5.74, 6) is 1.88. The third-order valence-electron chi connectivity index (χ3n) is 2.68. The first kappa shape index (κ1) is 15.0. The molecule has 1 unspecified atom stereocenters. The number of thioether (sulfide) groups is 1. The van der Waals surface area contributed by atoms with Crippen molar-refractivity contribution in [2.45, 2.75) is 25.5 Å². The van der Waals surface area contributed by atoms with Gasteiger partial charge in [0.2, 0.25) is 0 Å². The SMILES string of the molecule is COC(=O)CC(C)CCSCc1ccc(F)cc1. The van der Waals surface area contributed by atoms with Gasteiger partial charge in [-0.2, -0.15) is 11.8 Å². The summed E-state index contributed by atoms with van der Waals surface area (Å²) in [7, 11) is 1.42. The highest BCUT2D eigenvalue weighted by molar-refractivity contribution is 7.98. The Labute approximate surface area is 112 Å². The molecular formula is C14H19FO2S. The van der Waals surface area contributed by atoms with Crippen LogP contribution in [0.3, 0.4) is 0 Å². The summed E-state index contributed by atoms with van der Waals surface area (Å²) in [4.78, 5) is 11.0. The van der Waals surface area contributed by atoms with Gasteiger partial charge in [0.25, 0.3) is 0 Å². The lowest BCUT2D eigenvalue weighted by Crippen LogP contribution is -2.07. The van der Waals surface area contributed by atoms with Crippen LogP contribution in [-0.4, -0.2) is 18.8 Å². The van der Waals surface area contributed by atoms with Crippen LogP contribution in [-0.2, 0) is 15.3 Å². The van der Waals surface area contributed by atoms with Gasteiger partial charge in [0.1, 0.15) is 5.82 Å². The van der Waals surface area contributed by atoms with Crippen molar-refractivity contribution in [3.63, 3.8) is 0 Å². The molecule has 4 heteroatoms. The van der Waals surface area contributed by atoms with Crippen molar-refractivity contribution >= 4 is 17.7 Å². The Balaban J connectivity index is 2.14. The quantitative estimate of drug-likeness (QED) is 0.559. The molecule has 18 heavy (non-hydrogen) atoms. The standard InChI is InChI=1S/C14H19FO2S/c1-11(9-14(16)17-2)7-8-18-10-12-3-5-13(15)6-4-12/h3-6,11H,7-10H2,1-2H3. The molecule has 2 nitrogen and oxygen atoms in total. The van der Waals surface area contributed by atoms with Crippen LogP contribution >= 0.6 is 11.8 Å². The second-order valence-electron chi connectivity index (χ2n) is 4.35. The Bertz CT molecular complexity index is 365. The average molecular weight is 270 g/mol. The largest absolute Gasteiger partial charge is 0.469 e. The van der Waals surface area contributed by atoms with Gasteiger partial charge in [-0.1, -0.05) is 19.1 Å². The zero-order chi connectivity index (χ0) is 13.4. The first-order valence-electron chi connectivity index (χ1n) is 6.01. The first-order chi connectivity index (χ1) is 8.61. The normalized spacial score (nSPS) is 12.2. The zero-order valence-electron chi connectivity index (χ0n) is 10.8. The molecule has 1 atom stereocenters. The molecule has 1 rings (SSSR count). The van der Waals surface area contributed by atoms with Gasteiger partial charge >= 0.3 is 5.97 Å². The van der Waals surface area contributed by atoms with Gasteiger partial charge in [-0.3, -0.25) is 4.79 Å². The molecule has 0 N–H and O–H groups in total. The van der Waals surface area contributed by atoms with Crippen molar-refractivity contribution in [3.8, 4) is 0 Å². The van der Waals surface area contributed by atoms with Crippen LogP contribution in [0.2, 0.25) is 0 Å². The molecule has 0 aromatic heterocycles. The highest BCUT2D eigenvalue weighted by Crippen LogP contribution is 2.17. The minimum Gasteiger partial charge on any atom is -0.469 e. The van der Waals surface area contributed by atoms with E-state index in [0.29, 0.717) is 12.3 Å². The summed E-state index contributed by atoms with van der Waals surface area (Å²) in [5.41, 5.74) is 1.13. The molecule has 0 radical (unpaired) electrons. The second kappa shape index (κ2) is 8.14. The van der Waals surface area contributed by atoms with Crippen molar-refractivity contribution in [2.24, 2.45) is 5.92 Å². The number of esters is 1. The van der Waals surface area contributed by atoms with Crippen LogP contribution in [0.4, 0.5) is 4.39 Å². The molecule has 0 bridgehead atoms. The Morgan fingerprint density at radius 1 is 1.39 bits per heavy atom. The lowest BCUT2D eigenvalue weighted by Gasteiger charge is -2.09. The number of hydrogen-bond donors (Lipinski definition) is 0. The molecule has 0 aliphatic rings. The van der Waals surface area contributed by atoms with Crippen LogP contribution in [0.1, 0.15) is 25.3 Å². The van der Waals surface area contributed by atoms with E-state index >= 15 is 0 Å². The summed E-state index contributed by atoms with van der Waals surface area (Å²) >= 11 is 1.80. The third kappa shape index (κ3) is 6.05. The molecule has 0 saturated carbocycles. The van der Waals surface area contributed by atoms with Gasteiger partial charge < -0.3 is 4.74 Å². The maximum atomic E-state index is 12.7. The van der Waals surface area contributed by atoms with Crippen LogP contribution in [0, 0.1) is 11.7 Å². The van der Waals surface area contributed by atoms with E-state index in [1.807, 2.05) is 0 Å². The highest BCUT2D eigenvalue weighted by Gasteiger charge is 2.08. The van der Waals surface area contributed by atoms with Crippen molar-refractivity contribution in [1.29, 1.82) is 0 Å². The molecule has 100 valence electrons. The predicted molar refractivity (Wildman–Crippen MR) is 73.0 cm³/mol. The molecular weight excluding hydrogens is 251 g/mol. The average Bonchev–Trinajstić information content (AvgIpc) is 2.36. The first-order valence-corrected chi connectivity index (χ1v) is 7.16. The second-order valence-corrected chi connectivity index (χ2v) is 5.46. The summed E-state index contributed by atoms with van der Waals surface area (Å²) in [6, 6.07) is 6.58. The van der Waals surface area contributed by atoms with Gasteiger partial charge in [0.05, 0.1) is 7.11 Å². The Kier molecular flexibility index (Phi) is 6.80. The van der Waals surface area contributed by atoms with Crippen molar-refractivity contribution < 1.29 is 13.9 Å². The molecule has 0 aliphatic carbocycles. The fraction of sp³-hybridized carbons (Fsp3) is 0.500. The molecule has 1 aromatic rings. The van der Waals surface area contributed by atoms with Crippen LogP contribution < -0.4 is 0 Å². The highest BCUT2D eigenvalue weighted by atomic mass is 32.2. The molecule has 0 aliphatic heterocycles. The van der Waals surface area contributed by atoms with Crippen molar-refractivity contribution in [2.75, 3.05) is 12.9 Å². The van der Waals surface area contributed by atoms with Gasteiger partial charge in [-0.15, -0.1) is 0 Å². The lowest BCUT2D eigenvalue weighted by atomic mass is 10.1. The molecule has 0 amide bonds. The minimum absolute atomic E-state index is 0.147. The van der Waals surface area contributed by atoms with E-state index in [0.717, 1.165) is 23.5 Å². The van der Waals surface area contributed by atoms with Crippen LogP contribution in [0.15, 0.2) is 24.3 Å². The number of methoxy groups -OCH3 is 1. The summed E-state index contributed by atoms with van der Waals surface area (Å²) in [6.07, 6.45) is 1.47. The number of benzene rings is 1.